The summed E-state index contributed by atoms with van der Waals surface area (Å²) in [6.07, 6.45) is 2.76. The summed E-state index contributed by atoms with van der Waals surface area (Å²) >= 11 is 0. The zero-order valence-corrected chi connectivity index (χ0v) is 10.1. The quantitative estimate of drug-likeness (QED) is 0.695. The molecule has 3 aliphatic rings. The summed E-state index contributed by atoms with van der Waals surface area (Å²) in [5.74, 6) is -4.06. The van der Waals surface area contributed by atoms with Crippen molar-refractivity contribution in [1.29, 1.82) is 0 Å². The van der Waals surface area contributed by atoms with Crippen LogP contribution in [0.4, 0.5) is 8.78 Å². The minimum atomic E-state index is -2.73. The van der Waals surface area contributed by atoms with Crippen LogP contribution in [0.15, 0.2) is 0 Å². The van der Waals surface area contributed by atoms with Crippen molar-refractivity contribution >= 4 is 5.91 Å². The predicted molar refractivity (Wildman–Crippen MR) is 58.8 cm³/mol. The van der Waals surface area contributed by atoms with Crippen LogP contribution in [0, 0.1) is 5.92 Å². The molecule has 2 aliphatic heterocycles. The molecule has 0 aromatic rings. The van der Waals surface area contributed by atoms with Crippen LogP contribution in [-0.4, -0.2) is 53.9 Å². The van der Waals surface area contributed by atoms with Crippen molar-refractivity contribution in [3.63, 3.8) is 0 Å². The average molecular weight is 244 g/mol. The smallest absolute Gasteiger partial charge is 0.260 e. The Kier molecular flexibility index (Phi) is 2.28. The summed E-state index contributed by atoms with van der Waals surface area (Å²) in [5.41, 5.74) is -0.122. The number of likely N-dealkylation sites (tertiary alicyclic amines) is 2. The summed E-state index contributed by atoms with van der Waals surface area (Å²) in [7, 11) is 2.04. The minimum absolute atomic E-state index is 0.122. The third-order valence-electron chi connectivity index (χ3n) is 4.51. The Bertz CT molecular complexity index is 360. The molecule has 0 radical (unpaired) electrons. The van der Waals surface area contributed by atoms with Crippen molar-refractivity contribution in [2.24, 2.45) is 5.92 Å². The maximum absolute atomic E-state index is 12.9. The van der Waals surface area contributed by atoms with Crippen molar-refractivity contribution < 1.29 is 13.6 Å². The molecular weight excluding hydrogens is 226 g/mol. The van der Waals surface area contributed by atoms with E-state index in [1.807, 2.05) is 7.05 Å². The zero-order chi connectivity index (χ0) is 12.3. The Morgan fingerprint density at radius 2 is 2.00 bits per heavy atom. The Labute approximate surface area is 99.7 Å². The van der Waals surface area contributed by atoms with Gasteiger partial charge in [0.2, 0.25) is 5.91 Å². The van der Waals surface area contributed by atoms with Gasteiger partial charge < -0.3 is 9.80 Å². The van der Waals surface area contributed by atoms with Crippen LogP contribution in [0.5, 0.6) is 0 Å². The number of halogens is 2. The lowest BCUT2D eigenvalue weighted by Crippen LogP contribution is -2.68. The fourth-order valence-corrected chi connectivity index (χ4v) is 3.32. The van der Waals surface area contributed by atoms with Gasteiger partial charge in [-0.15, -0.1) is 0 Å². The first-order valence-electron chi connectivity index (χ1n) is 6.33. The Morgan fingerprint density at radius 1 is 1.29 bits per heavy atom. The van der Waals surface area contributed by atoms with E-state index in [1.54, 1.807) is 4.90 Å². The SMILES string of the molecule is CN1CCCC2(CCN2C(=O)C2CC2(F)F)C1. The number of carbonyl (C=O) groups is 1. The van der Waals surface area contributed by atoms with Crippen molar-refractivity contribution in [1.82, 2.24) is 9.80 Å². The van der Waals surface area contributed by atoms with Crippen LogP contribution < -0.4 is 0 Å². The number of hydrogen-bond donors (Lipinski definition) is 0. The van der Waals surface area contributed by atoms with Gasteiger partial charge in [0, 0.05) is 19.5 Å². The van der Waals surface area contributed by atoms with Crippen molar-refractivity contribution in [2.45, 2.75) is 37.1 Å². The van der Waals surface area contributed by atoms with E-state index in [0.29, 0.717) is 6.54 Å². The van der Waals surface area contributed by atoms with Crippen LogP contribution in [0.2, 0.25) is 0 Å². The van der Waals surface area contributed by atoms with Crippen LogP contribution >= 0.6 is 0 Å². The predicted octanol–water partition coefficient (Wildman–Crippen LogP) is 1.34. The highest BCUT2D eigenvalue weighted by Gasteiger charge is 2.64. The molecule has 2 unspecified atom stereocenters. The van der Waals surface area contributed by atoms with E-state index in [4.69, 9.17) is 0 Å². The van der Waals surface area contributed by atoms with Crippen molar-refractivity contribution in [3.8, 4) is 0 Å². The second-order valence-corrected chi connectivity index (χ2v) is 5.82. The molecule has 1 saturated carbocycles. The fraction of sp³-hybridized carbons (Fsp3) is 0.917. The largest absolute Gasteiger partial charge is 0.335 e. The number of amides is 1. The molecule has 1 amide bonds. The molecule has 0 N–H and O–H groups in total. The van der Waals surface area contributed by atoms with Crippen LogP contribution in [-0.2, 0) is 4.79 Å². The summed E-state index contributed by atoms with van der Waals surface area (Å²) in [5, 5.41) is 0. The second-order valence-electron chi connectivity index (χ2n) is 5.82. The van der Waals surface area contributed by atoms with E-state index in [-0.39, 0.29) is 17.9 Å². The highest BCUT2D eigenvalue weighted by molar-refractivity contribution is 5.84. The topological polar surface area (TPSA) is 23.6 Å². The van der Waals surface area contributed by atoms with Gasteiger partial charge in [-0.05, 0) is 32.9 Å². The third-order valence-corrected chi connectivity index (χ3v) is 4.51. The first kappa shape index (κ1) is 11.4. The molecule has 5 heteroatoms. The maximum Gasteiger partial charge on any atom is 0.260 e. The van der Waals surface area contributed by atoms with E-state index in [9.17, 15) is 13.6 Å². The zero-order valence-electron chi connectivity index (χ0n) is 10.1. The molecule has 1 aliphatic carbocycles. The first-order valence-corrected chi connectivity index (χ1v) is 6.33. The van der Waals surface area contributed by atoms with Crippen LogP contribution in [0.1, 0.15) is 25.7 Å². The molecule has 0 aromatic heterocycles. The van der Waals surface area contributed by atoms with Gasteiger partial charge in [-0.1, -0.05) is 0 Å². The standard InChI is InChI=1S/C12H18F2N2O/c1-15-5-2-3-11(8-15)4-6-16(11)10(17)9-7-12(9,13)14/h9H,2-8H2,1H3. The van der Waals surface area contributed by atoms with E-state index >= 15 is 0 Å². The molecule has 17 heavy (non-hydrogen) atoms. The van der Waals surface area contributed by atoms with Crippen molar-refractivity contribution in [2.75, 3.05) is 26.7 Å². The van der Waals surface area contributed by atoms with Crippen LogP contribution in [0.3, 0.4) is 0 Å². The van der Waals surface area contributed by atoms with Gasteiger partial charge in [-0.25, -0.2) is 8.78 Å². The highest BCUT2D eigenvalue weighted by atomic mass is 19.3. The summed E-state index contributed by atoms with van der Waals surface area (Å²) < 4.78 is 25.9. The molecule has 96 valence electrons. The third kappa shape index (κ3) is 1.66. The molecule has 3 rings (SSSR count). The second kappa shape index (κ2) is 3.40. The number of nitrogens with zero attached hydrogens (tertiary/aromatic N) is 2. The molecule has 1 spiro atoms. The molecule has 2 saturated heterocycles. The molecule has 0 bridgehead atoms. The number of alkyl halides is 2. The van der Waals surface area contributed by atoms with Crippen molar-refractivity contribution in [3.05, 3.63) is 0 Å². The summed E-state index contributed by atoms with van der Waals surface area (Å²) in [6, 6.07) is 0. The normalized spacial score (nSPS) is 40.2. The average Bonchev–Trinajstić information content (AvgIpc) is 2.86. The lowest BCUT2D eigenvalue weighted by molar-refractivity contribution is -0.156. The summed E-state index contributed by atoms with van der Waals surface area (Å²) in [4.78, 5) is 15.9. The monoisotopic (exact) mass is 244 g/mol. The lowest BCUT2D eigenvalue weighted by atomic mass is 9.77. The minimum Gasteiger partial charge on any atom is -0.335 e. The maximum atomic E-state index is 12.9. The molecular formula is C12H18F2N2O. The van der Waals surface area contributed by atoms with Gasteiger partial charge in [0.25, 0.3) is 5.92 Å². The Morgan fingerprint density at radius 3 is 2.47 bits per heavy atom. The van der Waals surface area contributed by atoms with Gasteiger partial charge in [-0.2, -0.15) is 0 Å². The number of piperidine rings is 1. The molecule has 3 nitrogen and oxygen atoms in total. The molecule has 3 fully saturated rings. The molecule has 2 heterocycles. The van der Waals surface area contributed by atoms with Gasteiger partial charge in [-0.3, -0.25) is 4.79 Å². The lowest BCUT2D eigenvalue weighted by Gasteiger charge is -2.56. The number of hydrogen-bond acceptors (Lipinski definition) is 2. The van der Waals surface area contributed by atoms with E-state index in [1.165, 1.54) is 0 Å². The van der Waals surface area contributed by atoms with E-state index in [2.05, 4.69) is 4.90 Å². The number of likely N-dealkylation sites (N-methyl/N-ethyl adjacent to an activating group) is 1. The molecule has 2 atom stereocenters. The van der Waals surface area contributed by atoms with Gasteiger partial charge in [0.05, 0.1) is 5.54 Å². The van der Waals surface area contributed by atoms with Gasteiger partial charge in [0.15, 0.2) is 0 Å². The van der Waals surface area contributed by atoms with Gasteiger partial charge in [0.1, 0.15) is 5.92 Å². The van der Waals surface area contributed by atoms with E-state index in [0.717, 1.165) is 32.4 Å². The van der Waals surface area contributed by atoms with Gasteiger partial charge >= 0.3 is 0 Å². The highest BCUT2D eigenvalue weighted by Crippen LogP contribution is 2.52. The summed E-state index contributed by atoms with van der Waals surface area (Å²) in [6.45, 7) is 2.56. The number of rotatable bonds is 1. The number of carbonyl (C=O) groups excluding carboxylic acids is 1. The fourth-order valence-electron chi connectivity index (χ4n) is 3.32. The van der Waals surface area contributed by atoms with E-state index < -0.39 is 11.8 Å². The Balaban J connectivity index is 1.70. The Hall–Kier alpha value is -0.710. The van der Waals surface area contributed by atoms with Crippen LogP contribution in [0.25, 0.3) is 0 Å². The first-order chi connectivity index (χ1) is 7.95. The molecule has 0 aromatic carbocycles.